The molecule has 0 spiro atoms. The lowest BCUT2D eigenvalue weighted by Gasteiger charge is -2.27. The average molecular weight is 252 g/mol. The van der Waals surface area contributed by atoms with Crippen LogP contribution in [-0.4, -0.2) is 17.3 Å². The molecule has 1 aromatic carbocycles. The smallest absolute Gasteiger partial charge is 0.125 e. The number of aliphatic hydroxyl groups is 1. The first kappa shape index (κ1) is 13.1. The third-order valence-electron chi connectivity index (χ3n) is 3.66. The van der Waals surface area contributed by atoms with Crippen LogP contribution in [0.2, 0.25) is 0 Å². The van der Waals surface area contributed by atoms with Gasteiger partial charge in [0.25, 0.3) is 0 Å². The van der Waals surface area contributed by atoms with Gasteiger partial charge in [-0.15, -0.1) is 0 Å². The molecule has 3 nitrogen and oxygen atoms in total. The normalized spacial score (nSPS) is 19.2. The number of benzene rings is 1. The van der Waals surface area contributed by atoms with Crippen LogP contribution in [0.25, 0.3) is 0 Å². The molecule has 0 aliphatic heterocycles. The largest absolute Gasteiger partial charge is 0.397 e. The second kappa shape index (κ2) is 5.57. The van der Waals surface area contributed by atoms with Crippen molar-refractivity contribution >= 4 is 11.4 Å². The number of halogens is 1. The second-order valence-electron chi connectivity index (χ2n) is 5.22. The van der Waals surface area contributed by atoms with Gasteiger partial charge in [-0.25, -0.2) is 4.39 Å². The highest BCUT2D eigenvalue weighted by Crippen LogP contribution is 2.28. The van der Waals surface area contributed by atoms with E-state index in [9.17, 15) is 9.50 Å². The Kier molecular flexibility index (Phi) is 4.07. The van der Waals surface area contributed by atoms with Crippen LogP contribution in [0.1, 0.15) is 38.5 Å². The minimum atomic E-state index is -0.655. The standard InChI is InChI=1S/C14H21FN2O/c15-11-5-6-13(12(16)9-11)17-10-14(18)7-3-1-2-4-8-14/h5-6,9,17-18H,1-4,7-8,10,16H2. The van der Waals surface area contributed by atoms with Crippen molar-refractivity contribution in [1.82, 2.24) is 0 Å². The summed E-state index contributed by atoms with van der Waals surface area (Å²) >= 11 is 0. The highest BCUT2D eigenvalue weighted by molar-refractivity contribution is 5.65. The summed E-state index contributed by atoms with van der Waals surface area (Å²) in [6, 6.07) is 4.28. The number of nitrogens with two attached hydrogens (primary N) is 1. The molecule has 0 atom stereocenters. The van der Waals surface area contributed by atoms with Crippen LogP contribution in [0.3, 0.4) is 0 Å². The SMILES string of the molecule is Nc1cc(F)ccc1NCC1(O)CCCCCC1. The molecule has 0 heterocycles. The number of nitrogen functional groups attached to an aromatic ring is 1. The Morgan fingerprint density at radius 2 is 1.89 bits per heavy atom. The van der Waals surface area contributed by atoms with E-state index in [1.165, 1.54) is 25.0 Å². The molecule has 1 fully saturated rings. The maximum Gasteiger partial charge on any atom is 0.125 e. The third kappa shape index (κ3) is 3.35. The molecule has 0 aromatic heterocycles. The van der Waals surface area contributed by atoms with Crippen molar-refractivity contribution < 1.29 is 9.50 Å². The first-order valence-electron chi connectivity index (χ1n) is 6.60. The molecule has 1 saturated carbocycles. The van der Waals surface area contributed by atoms with Crippen molar-refractivity contribution in [3.05, 3.63) is 24.0 Å². The van der Waals surface area contributed by atoms with Gasteiger partial charge in [-0.1, -0.05) is 25.7 Å². The zero-order chi connectivity index (χ0) is 13.0. The fourth-order valence-electron chi connectivity index (χ4n) is 2.52. The fourth-order valence-corrected chi connectivity index (χ4v) is 2.52. The van der Waals surface area contributed by atoms with Crippen LogP contribution in [0.4, 0.5) is 15.8 Å². The lowest BCUT2D eigenvalue weighted by Crippen LogP contribution is -2.36. The van der Waals surface area contributed by atoms with Crippen molar-refractivity contribution in [3.8, 4) is 0 Å². The van der Waals surface area contributed by atoms with Gasteiger partial charge in [-0.3, -0.25) is 0 Å². The van der Waals surface area contributed by atoms with E-state index in [2.05, 4.69) is 5.32 Å². The van der Waals surface area contributed by atoms with Crippen LogP contribution < -0.4 is 11.1 Å². The van der Waals surface area contributed by atoms with Crippen LogP contribution in [0.5, 0.6) is 0 Å². The van der Waals surface area contributed by atoms with E-state index >= 15 is 0 Å². The predicted octanol–water partition coefficient (Wildman–Crippen LogP) is 2.91. The van der Waals surface area contributed by atoms with Crippen molar-refractivity contribution in [2.24, 2.45) is 0 Å². The van der Waals surface area contributed by atoms with E-state index in [4.69, 9.17) is 5.73 Å². The van der Waals surface area contributed by atoms with Gasteiger partial charge in [0.2, 0.25) is 0 Å². The molecule has 1 aliphatic carbocycles. The molecule has 2 rings (SSSR count). The summed E-state index contributed by atoms with van der Waals surface area (Å²) < 4.78 is 12.9. The van der Waals surface area contributed by atoms with Crippen LogP contribution >= 0.6 is 0 Å². The van der Waals surface area contributed by atoms with E-state index in [1.807, 2.05) is 0 Å². The number of rotatable bonds is 3. The maximum absolute atomic E-state index is 12.9. The fraction of sp³-hybridized carbons (Fsp3) is 0.571. The maximum atomic E-state index is 12.9. The Balaban J connectivity index is 1.97. The molecule has 100 valence electrons. The molecular formula is C14H21FN2O. The summed E-state index contributed by atoms with van der Waals surface area (Å²) in [6.07, 6.45) is 6.17. The zero-order valence-electron chi connectivity index (χ0n) is 10.6. The molecule has 0 radical (unpaired) electrons. The van der Waals surface area contributed by atoms with E-state index in [0.29, 0.717) is 17.9 Å². The topological polar surface area (TPSA) is 58.3 Å². The number of anilines is 2. The summed E-state index contributed by atoms with van der Waals surface area (Å²) in [6.45, 7) is 0.475. The van der Waals surface area contributed by atoms with Crippen molar-refractivity contribution in [3.63, 3.8) is 0 Å². The molecule has 4 heteroatoms. The van der Waals surface area contributed by atoms with Gasteiger partial charge >= 0.3 is 0 Å². The van der Waals surface area contributed by atoms with Crippen LogP contribution in [-0.2, 0) is 0 Å². The number of nitrogens with one attached hydrogen (secondary N) is 1. The minimum Gasteiger partial charge on any atom is -0.397 e. The van der Waals surface area contributed by atoms with Crippen LogP contribution in [0.15, 0.2) is 18.2 Å². The van der Waals surface area contributed by atoms with Gasteiger partial charge in [-0.2, -0.15) is 0 Å². The van der Waals surface area contributed by atoms with E-state index < -0.39 is 5.60 Å². The summed E-state index contributed by atoms with van der Waals surface area (Å²) in [5.41, 5.74) is 6.14. The van der Waals surface area contributed by atoms with Crippen molar-refractivity contribution in [1.29, 1.82) is 0 Å². The van der Waals surface area contributed by atoms with Gasteiger partial charge in [0.1, 0.15) is 5.82 Å². The lowest BCUT2D eigenvalue weighted by atomic mass is 9.94. The number of hydrogen-bond acceptors (Lipinski definition) is 3. The van der Waals surface area contributed by atoms with Gasteiger partial charge in [0.05, 0.1) is 17.0 Å². The highest BCUT2D eigenvalue weighted by atomic mass is 19.1. The second-order valence-corrected chi connectivity index (χ2v) is 5.22. The Labute approximate surface area is 107 Å². The average Bonchev–Trinajstić information content (AvgIpc) is 2.54. The molecule has 0 saturated heterocycles. The zero-order valence-corrected chi connectivity index (χ0v) is 10.6. The third-order valence-corrected chi connectivity index (χ3v) is 3.66. The monoisotopic (exact) mass is 252 g/mol. The molecule has 4 N–H and O–H groups in total. The Bertz CT molecular complexity index is 401. The molecule has 1 aromatic rings. The van der Waals surface area contributed by atoms with E-state index in [1.54, 1.807) is 6.07 Å². The number of hydrogen-bond donors (Lipinski definition) is 3. The summed E-state index contributed by atoms with van der Waals surface area (Å²) in [7, 11) is 0. The van der Waals surface area contributed by atoms with Crippen molar-refractivity contribution in [2.45, 2.75) is 44.1 Å². The first-order chi connectivity index (χ1) is 8.59. The highest BCUT2D eigenvalue weighted by Gasteiger charge is 2.27. The molecule has 18 heavy (non-hydrogen) atoms. The minimum absolute atomic E-state index is 0.341. The predicted molar refractivity (Wildman–Crippen MR) is 72.0 cm³/mol. The first-order valence-corrected chi connectivity index (χ1v) is 6.60. The summed E-state index contributed by atoms with van der Waals surface area (Å²) in [5.74, 6) is -0.341. The summed E-state index contributed by atoms with van der Waals surface area (Å²) in [4.78, 5) is 0. The van der Waals surface area contributed by atoms with E-state index in [0.717, 1.165) is 25.7 Å². The molecule has 0 unspecified atom stereocenters. The van der Waals surface area contributed by atoms with Gasteiger partial charge in [0, 0.05) is 6.54 Å². The van der Waals surface area contributed by atoms with Crippen molar-refractivity contribution in [2.75, 3.05) is 17.6 Å². The summed E-state index contributed by atoms with van der Waals surface area (Å²) in [5, 5.41) is 13.6. The Morgan fingerprint density at radius 3 is 2.50 bits per heavy atom. The van der Waals surface area contributed by atoms with Crippen LogP contribution in [0, 0.1) is 5.82 Å². The van der Waals surface area contributed by atoms with Gasteiger partial charge < -0.3 is 16.2 Å². The molecule has 0 amide bonds. The Hall–Kier alpha value is -1.29. The Morgan fingerprint density at radius 1 is 1.22 bits per heavy atom. The molecule has 1 aliphatic rings. The van der Waals surface area contributed by atoms with Gasteiger partial charge in [0.15, 0.2) is 0 Å². The van der Waals surface area contributed by atoms with Gasteiger partial charge in [-0.05, 0) is 31.0 Å². The molecule has 0 bridgehead atoms. The van der Waals surface area contributed by atoms with E-state index in [-0.39, 0.29) is 5.82 Å². The molecular weight excluding hydrogens is 231 g/mol. The lowest BCUT2D eigenvalue weighted by molar-refractivity contribution is 0.0381. The quantitative estimate of drug-likeness (QED) is 0.572.